The molecule has 0 saturated carbocycles. The van der Waals surface area contributed by atoms with Gasteiger partial charge in [-0.1, -0.05) is 198 Å². The maximum Gasteiger partial charge on any atom is 0.336 e. The highest BCUT2D eigenvalue weighted by Gasteiger charge is 2.31. The first-order chi connectivity index (χ1) is 26.3. The summed E-state index contributed by atoms with van der Waals surface area (Å²) in [6, 6.07) is 63.1. The summed E-state index contributed by atoms with van der Waals surface area (Å²) in [5.74, 6) is -0.570. The SMILES string of the molecule is CC(Br)C(=O)OP.CC(C(=O)OP)=P(c1ccccc1)(c1ccccc1)c1ccccc1.CC=O.c1ccc(P(c2ccccc2)c2ccccc2)cc1. The zero-order chi connectivity index (χ0) is 39.2. The quantitative estimate of drug-likeness (QED) is 0.0877. The molecule has 0 aliphatic heterocycles. The minimum Gasteiger partial charge on any atom is -0.451 e. The third-order valence-electron chi connectivity index (χ3n) is 7.82. The van der Waals surface area contributed by atoms with E-state index >= 15 is 0 Å². The van der Waals surface area contributed by atoms with Crippen LogP contribution in [0.1, 0.15) is 20.8 Å². The minimum absolute atomic E-state index is 0.204. The number of benzene rings is 6. The molecule has 278 valence electrons. The number of alkyl halides is 1. The number of carbonyl (C=O) groups excluding carboxylic acids is 3. The molecule has 6 aromatic carbocycles. The predicted molar refractivity (Wildman–Crippen MR) is 243 cm³/mol. The van der Waals surface area contributed by atoms with Gasteiger partial charge in [0, 0.05) is 5.29 Å². The minimum atomic E-state index is -2.29. The van der Waals surface area contributed by atoms with Gasteiger partial charge in [0.05, 0.1) is 18.9 Å². The molecular weight excluding hydrogens is 812 g/mol. The normalized spacial score (nSPS) is 10.7. The van der Waals surface area contributed by atoms with Crippen molar-refractivity contribution < 1.29 is 23.4 Å². The summed E-state index contributed by atoms with van der Waals surface area (Å²) < 4.78 is 9.29. The number of aldehydes is 1. The molecule has 0 spiro atoms. The maximum atomic E-state index is 12.6. The van der Waals surface area contributed by atoms with Crippen molar-refractivity contribution in [2.45, 2.75) is 25.6 Å². The van der Waals surface area contributed by atoms with Crippen molar-refractivity contribution in [3.05, 3.63) is 182 Å². The van der Waals surface area contributed by atoms with E-state index in [0.717, 1.165) is 27.5 Å². The summed E-state index contributed by atoms with van der Waals surface area (Å²) in [6.45, 7) is 2.75. The molecule has 3 unspecified atom stereocenters. The summed E-state index contributed by atoms with van der Waals surface area (Å²) in [4.78, 5) is 31.4. The van der Waals surface area contributed by atoms with Crippen LogP contribution in [-0.2, 0) is 23.4 Å². The zero-order valence-electron chi connectivity index (χ0n) is 30.4. The van der Waals surface area contributed by atoms with Crippen LogP contribution in [0.4, 0.5) is 0 Å². The smallest absolute Gasteiger partial charge is 0.336 e. The molecule has 0 fully saturated rings. The summed E-state index contributed by atoms with van der Waals surface area (Å²) >= 11 is 3.01. The molecule has 0 aromatic heterocycles. The standard InChI is InChI=1S/C21H20O2P2.C18H15P.C3H6BrO2P.C2H4O/c1-17(21(22)23-24)25(18-11-5-2-6-12-18,19-13-7-3-8-14-19)20-15-9-4-10-16-20;1-4-10-16(11-5-1)19(17-12-6-2-7-13-17)18-14-8-3-9-15-18;1-2(4)3(5)6-7;1-2-3/h2-16H,24H2,1H3;1-15H;2H,7H2,1H3;2H,1H3. The molecule has 3 atom stereocenters. The van der Waals surface area contributed by atoms with Crippen molar-refractivity contribution in [1.82, 2.24) is 0 Å². The molecule has 0 amide bonds. The number of carbonyl (C=O) groups is 3. The van der Waals surface area contributed by atoms with E-state index in [9.17, 15) is 9.59 Å². The topological polar surface area (TPSA) is 69.7 Å². The average Bonchev–Trinajstić information content (AvgIpc) is 3.23. The van der Waals surface area contributed by atoms with Gasteiger partial charge in [-0.05, 0) is 67.4 Å². The van der Waals surface area contributed by atoms with Crippen LogP contribution in [0.25, 0.3) is 0 Å². The number of rotatable bonds is 8. The molecule has 0 aliphatic carbocycles. The Hall–Kier alpha value is -4.00. The van der Waals surface area contributed by atoms with Crippen molar-refractivity contribution >= 4 is 105 Å². The lowest BCUT2D eigenvalue weighted by Crippen LogP contribution is -2.32. The van der Waals surface area contributed by atoms with Gasteiger partial charge in [-0.2, -0.15) is 0 Å². The number of hydrogen-bond donors (Lipinski definition) is 0. The highest BCUT2D eigenvalue weighted by molar-refractivity contribution is 9.10. The summed E-state index contributed by atoms with van der Waals surface area (Å²) in [7, 11) is 3.52. The largest absolute Gasteiger partial charge is 0.451 e. The van der Waals surface area contributed by atoms with Crippen LogP contribution in [-0.4, -0.2) is 28.3 Å². The lowest BCUT2D eigenvalue weighted by molar-refractivity contribution is -0.132. The number of hydrogen-bond acceptors (Lipinski definition) is 5. The third-order valence-corrected chi connectivity index (χ3v) is 15.5. The van der Waals surface area contributed by atoms with Crippen molar-refractivity contribution in [3.63, 3.8) is 0 Å². The second kappa shape index (κ2) is 24.4. The molecule has 0 aliphatic rings. The maximum absolute atomic E-state index is 12.6. The molecule has 0 bridgehead atoms. The van der Waals surface area contributed by atoms with Gasteiger partial charge < -0.3 is 13.8 Å². The predicted octanol–water partition coefficient (Wildman–Crippen LogP) is 8.26. The van der Waals surface area contributed by atoms with E-state index in [1.807, 2.05) is 71.0 Å². The lowest BCUT2D eigenvalue weighted by atomic mass is 10.4. The van der Waals surface area contributed by atoms with Gasteiger partial charge in [-0.15, -0.1) is 0 Å². The zero-order valence-corrected chi connectivity index (χ0v) is 36.1. The summed E-state index contributed by atoms with van der Waals surface area (Å²) in [6.07, 6.45) is 0.750. The fourth-order valence-corrected chi connectivity index (χ4v) is 12.8. The molecule has 6 rings (SSSR count). The average molecular weight is 858 g/mol. The first-order valence-corrected chi connectivity index (χ1v) is 22.0. The molecule has 0 radical (unpaired) electrons. The molecule has 0 N–H and O–H groups in total. The van der Waals surface area contributed by atoms with Crippen molar-refractivity contribution in [2.75, 3.05) is 0 Å². The number of halogens is 1. The van der Waals surface area contributed by atoms with E-state index in [0.29, 0.717) is 0 Å². The molecule has 0 saturated heterocycles. The van der Waals surface area contributed by atoms with E-state index in [2.05, 4.69) is 157 Å². The van der Waals surface area contributed by atoms with Crippen molar-refractivity contribution in [2.24, 2.45) is 0 Å². The first-order valence-electron chi connectivity index (χ1n) is 17.0. The van der Waals surface area contributed by atoms with E-state index in [1.165, 1.54) is 22.8 Å². The third kappa shape index (κ3) is 12.5. The van der Waals surface area contributed by atoms with Crippen LogP contribution in [0, 0.1) is 0 Å². The van der Waals surface area contributed by atoms with Gasteiger partial charge in [0.15, 0.2) is 0 Å². The van der Waals surface area contributed by atoms with E-state index in [4.69, 9.17) is 9.32 Å². The van der Waals surface area contributed by atoms with Crippen LogP contribution in [0.3, 0.4) is 0 Å². The van der Waals surface area contributed by atoms with Gasteiger partial charge >= 0.3 is 11.9 Å². The fraction of sp³-hybridized carbons (Fsp3) is 0.0909. The first kappa shape index (κ1) is 44.4. The van der Waals surface area contributed by atoms with Gasteiger partial charge in [0.1, 0.15) is 11.1 Å². The Bertz CT molecular complexity index is 1840. The highest BCUT2D eigenvalue weighted by Crippen LogP contribution is 2.46. The molecule has 6 aromatic rings. The Labute approximate surface area is 334 Å². The second-order valence-corrected chi connectivity index (χ2v) is 18.9. The van der Waals surface area contributed by atoms with Crippen LogP contribution in [0.15, 0.2) is 182 Å². The van der Waals surface area contributed by atoms with E-state index in [-0.39, 0.29) is 16.8 Å². The van der Waals surface area contributed by atoms with E-state index in [1.54, 1.807) is 6.92 Å². The Balaban J connectivity index is 0.000000238. The molecule has 5 nitrogen and oxygen atoms in total. The Kier molecular flexibility index (Phi) is 20.1. The van der Waals surface area contributed by atoms with Crippen LogP contribution in [0.5, 0.6) is 0 Å². The van der Waals surface area contributed by atoms with E-state index < -0.39 is 14.8 Å². The molecule has 54 heavy (non-hydrogen) atoms. The lowest BCUT2D eigenvalue weighted by Gasteiger charge is -2.30. The van der Waals surface area contributed by atoms with Gasteiger partial charge in [0.25, 0.3) is 0 Å². The van der Waals surface area contributed by atoms with Gasteiger partial charge in [0.2, 0.25) is 0 Å². The van der Waals surface area contributed by atoms with Crippen molar-refractivity contribution in [3.8, 4) is 0 Å². The van der Waals surface area contributed by atoms with Crippen LogP contribution in [0.2, 0.25) is 0 Å². The molecular formula is C44H45BrO5P4. The summed E-state index contributed by atoms with van der Waals surface area (Å²) in [5.41, 5.74) is 0. The van der Waals surface area contributed by atoms with Gasteiger partial charge in [-0.25, -0.2) is 4.79 Å². The van der Waals surface area contributed by atoms with Crippen molar-refractivity contribution in [1.29, 1.82) is 0 Å². The summed E-state index contributed by atoms with van der Waals surface area (Å²) in [5, 5.41) is 8.34. The second-order valence-electron chi connectivity index (χ2n) is 11.3. The monoisotopic (exact) mass is 856 g/mol. The van der Waals surface area contributed by atoms with Gasteiger partial charge in [-0.3, -0.25) is 4.79 Å². The Morgan fingerprint density at radius 3 is 1.04 bits per heavy atom. The Morgan fingerprint density at radius 2 is 0.833 bits per heavy atom. The Morgan fingerprint density at radius 1 is 0.574 bits per heavy atom. The fourth-order valence-electron chi connectivity index (χ4n) is 5.48. The molecule has 0 heterocycles. The van der Waals surface area contributed by atoms with Crippen LogP contribution < -0.4 is 31.8 Å². The molecule has 10 heteroatoms. The highest BCUT2D eigenvalue weighted by atomic mass is 79.9. The van der Waals surface area contributed by atoms with Crippen LogP contribution >= 0.6 is 49.7 Å².